The summed E-state index contributed by atoms with van der Waals surface area (Å²) in [5, 5.41) is 4.83. The highest BCUT2D eigenvalue weighted by molar-refractivity contribution is 7.12. The minimum atomic E-state index is 0.635. The van der Waals surface area contributed by atoms with E-state index in [1.807, 2.05) is 11.3 Å². The van der Waals surface area contributed by atoms with Gasteiger partial charge in [0.25, 0.3) is 0 Å². The van der Waals surface area contributed by atoms with E-state index >= 15 is 0 Å². The summed E-state index contributed by atoms with van der Waals surface area (Å²) in [4.78, 5) is 6.21. The Morgan fingerprint density at radius 1 is 1.30 bits per heavy atom. The third-order valence-electron chi connectivity index (χ3n) is 4.06. The number of thiazole rings is 1. The van der Waals surface area contributed by atoms with Crippen LogP contribution in [-0.4, -0.2) is 17.6 Å². The molecule has 20 heavy (non-hydrogen) atoms. The Balaban J connectivity index is 1.80. The minimum absolute atomic E-state index is 0.635. The first-order valence-electron chi connectivity index (χ1n) is 7.55. The number of hydrogen-bond acceptors (Lipinski definition) is 3. The number of benzene rings is 1. The molecule has 2 nitrogen and oxygen atoms in total. The fraction of sp³-hybridized carbons (Fsp3) is 0.471. The molecule has 0 spiro atoms. The average molecular weight is 286 g/mol. The van der Waals surface area contributed by atoms with Gasteiger partial charge in [0.1, 0.15) is 0 Å². The van der Waals surface area contributed by atoms with Crippen LogP contribution in [0, 0.1) is 6.92 Å². The van der Waals surface area contributed by atoms with Gasteiger partial charge in [-0.05, 0) is 38.3 Å². The summed E-state index contributed by atoms with van der Waals surface area (Å²) in [6, 6.07) is 9.48. The number of aryl methyl sites for hydroxylation is 2. The Labute approximate surface area is 125 Å². The SMILES string of the molecule is CCc1ccc(-c2nc(CC3CCCN3)sc2C)cc1. The molecule has 1 unspecified atom stereocenters. The lowest BCUT2D eigenvalue weighted by atomic mass is 10.1. The number of rotatable bonds is 4. The summed E-state index contributed by atoms with van der Waals surface area (Å²) >= 11 is 1.85. The van der Waals surface area contributed by atoms with E-state index in [2.05, 4.69) is 43.4 Å². The molecule has 1 atom stereocenters. The highest BCUT2D eigenvalue weighted by Crippen LogP contribution is 2.29. The van der Waals surface area contributed by atoms with Gasteiger partial charge in [0, 0.05) is 22.9 Å². The van der Waals surface area contributed by atoms with Crippen LogP contribution in [0.2, 0.25) is 0 Å². The van der Waals surface area contributed by atoms with Crippen molar-refractivity contribution in [3.63, 3.8) is 0 Å². The Hall–Kier alpha value is -1.19. The quantitative estimate of drug-likeness (QED) is 0.919. The van der Waals surface area contributed by atoms with E-state index < -0.39 is 0 Å². The van der Waals surface area contributed by atoms with E-state index in [0.717, 1.165) is 12.8 Å². The molecule has 0 saturated carbocycles. The van der Waals surface area contributed by atoms with Crippen molar-refractivity contribution in [2.45, 2.75) is 45.6 Å². The Bertz CT molecular complexity index is 565. The molecule has 1 saturated heterocycles. The van der Waals surface area contributed by atoms with Crippen LogP contribution in [0.25, 0.3) is 11.3 Å². The van der Waals surface area contributed by atoms with Crippen molar-refractivity contribution < 1.29 is 0 Å². The van der Waals surface area contributed by atoms with E-state index in [1.165, 1.54) is 46.1 Å². The monoisotopic (exact) mass is 286 g/mol. The standard InChI is InChI=1S/C17H22N2S/c1-3-13-6-8-14(9-7-13)17-12(2)20-16(19-17)11-15-5-4-10-18-15/h6-9,15,18H,3-5,10-11H2,1-2H3. The summed E-state index contributed by atoms with van der Waals surface area (Å²) in [6.07, 6.45) is 4.77. The third-order valence-corrected chi connectivity index (χ3v) is 5.05. The fourth-order valence-corrected chi connectivity index (χ4v) is 3.88. The van der Waals surface area contributed by atoms with Crippen LogP contribution in [0.1, 0.15) is 35.2 Å². The van der Waals surface area contributed by atoms with Crippen molar-refractivity contribution in [3.05, 3.63) is 39.7 Å². The highest BCUT2D eigenvalue weighted by Gasteiger charge is 2.17. The molecule has 1 aromatic carbocycles. The van der Waals surface area contributed by atoms with Crippen molar-refractivity contribution in [1.29, 1.82) is 0 Å². The molecule has 2 heterocycles. The fourth-order valence-electron chi connectivity index (χ4n) is 2.85. The van der Waals surface area contributed by atoms with Gasteiger partial charge in [-0.25, -0.2) is 4.98 Å². The number of aromatic nitrogens is 1. The number of nitrogens with zero attached hydrogens (tertiary/aromatic N) is 1. The lowest BCUT2D eigenvalue weighted by molar-refractivity contribution is 0.601. The molecule has 0 radical (unpaired) electrons. The Morgan fingerprint density at radius 2 is 2.10 bits per heavy atom. The van der Waals surface area contributed by atoms with Crippen molar-refractivity contribution in [2.24, 2.45) is 0 Å². The second-order valence-corrected chi connectivity index (χ2v) is 6.85. The molecule has 1 N–H and O–H groups in total. The van der Waals surface area contributed by atoms with Crippen LogP contribution in [0.3, 0.4) is 0 Å². The van der Waals surface area contributed by atoms with Crippen LogP contribution in [0.4, 0.5) is 0 Å². The number of nitrogens with one attached hydrogen (secondary N) is 1. The molecule has 1 aromatic heterocycles. The molecule has 1 aliphatic rings. The maximum Gasteiger partial charge on any atom is 0.0950 e. The van der Waals surface area contributed by atoms with E-state index in [0.29, 0.717) is 6.04 Å². The van der Waals surface area contributed by atoms with E-state index in [4.69, 9.17) is 4.98 Å². The summed E-state index contributed by atoms with van der Waals surface area (Å²) in [7, 11) is 0. The molecule has 106 valence electrons. The van der Waals surface area contributed by atoms with Gasteiger partial charge in [-0.2, -0.15) is 0 Å². The Morgan fingerprint density at radius 3 is 2.75 bits per heavy atom. The van der Waals surface area contributed by atoms with Crippen molar-refractivity contribution in [3.8, 4) is 11.3 Å². The molecule has 0 bridgehead atoms. The van der Waals surface area contributed by atoms with Crippen molar-refractivity contribution in [1.82, 2.24) is 10.3 Å². The zero-order chi connectivity index (χ0) is 13.9. The largest absolute Gasteiger partial charge is 0.314 e. The number of hydrogen-bond donors (Lipinski definition) is 1. The third kappa shape index (κ3) is 2.94. The minimum Gasteiger partial charge on any atom is -0.314 e. The van der Waals surface area contributed by atoms with Gasteiger partial charge in [-0.3, -0.25) is 0 Å². The predicted octanol–water partition coefficient (Wildman–Crippen LogP) is 3.98. The van der Waals surface area contributed by atoms with Gasteiger partial charge in [0.2, 0.25) is 0 Å². The lowest BCUT2D eigenvalue weighted by Gasteiger charge is -2.06. The van der Waals surface area contributed by atoms with Gasteiger partial charge in [0.05, 0.1) is 10.7 Å². The first-order valence-corrected chi connectivity index (χ1v) is 8.37. The molecule has 0 amide bonds. The first kappa shape index (κ1) is 13.8. The van der Waals surface area contributed by atoms with Crippen LogP contribution in [0.15, 0.2) is 24.3 Å². The maximum absolute atomic E-state index is 4.88. The summed E-state index contributed by atoms with van der Waals surface area (Å²) in [5.41, 5.74) is 3.81. The van der Waals surface area contributed by atoms with E-state index in [1.54, 1.807) is 0 Å². The topological polar surface area (TPSA) is 24.9 Å². The van der Waals surface area contributed by atoms with Crippen LogP contribution < -0.4 is 5.32 Å². The molecule has 0 aliphatic carbocycles. The zero-order valence-corrected chi connectivity index (χ0v) is 13.1. The van der Waals surface area contributed by atoms with Crippen LogP contribution in [-0.2, 0) is 12.8 Å². The second-order valence-electron chi connectivity index (χ2n) is 5.56. The maximum atomic E-state index is 4.88. The van der Waals surface area contributed by atoms with Crippen molar-refractivity contribution in [2.75, 3.05) is 6.54 Å². The van der Waals surface area contributed by atoms with Gasteiger partial charge in [-0.15, -0.1) is 11.3 Å². The summed E-state index contributed by atoms with van der Waals surface area (Å²) < 4.78 is 0. The molecule has 3 rings (SSSR count). The zero-order valence-electron chi connectivity index (χ0n) is 12.3. The molecule has 1 aliphatic heterocycles. The normalized spacial score (nSPS) is 18.6. The lowest BCUT2D eigenvalue weighted by Crippen LogP contribution is -2.23. The molecular weight excluding hydrogens is 264 g/mol. The van der Waals surface area contributed by atoms with E-state index in [-0.39, 0.29) is 0 Å². The average Bonchev–Trinajstić information content (AvgIpc) is 3.09. The molecule has 2 aromatic rings. The predicted molar refractivity (Wildman–Crippen MR) is 86.4 cm³/mol. The van der Waals surface area contributed by atoms with Gasteiger partial charge < -0.3 is 5.32 Å². The smallest absolute Gasteiger partial charge is 0.0950 e. The van der Waals surface area contributed by atoms with Gasteiger partial charge in [-0.1, -0.05) is 31.2 Å². The first-order chi connectivity index (χ1) is 9.76. The summed E-state index contributed by atoms with van der Waals surface area (Å²) in [5.74, 6) is 0. The highest BCUT2D eigenvalue weighted by atomic mass is 32.1. The van der Waals surface area contributed by atoms with Crippen molar-refractivity contribution >= 4 is 11.3 Å². The Kier molecular flexibility index (Phi) is 4.18. The van der Waals surface area contributed by atoms with Crippen LogP contribution >= 0.6 is 11.3 Å². The second kappa shape index (κ2) is 6.06. The van der Waals surface area contributed by atoms with Gasteiger partial charge >= 0.3 is 0 Å². The van der Waals surface area contributed by atoms with Gasteiger partial charge in [0.15, 0.2) is 0 Å². The molecular formula is C17H22N2S. The molecule has 3 heteroatoms. The van der Waals surface area contributed by atoms with E-state index in [9.17, 15) is 0 Å². The van der Waals surface area contributed by atoms with Crippen LogP contribution in [0.5, 0.6) is 0 Å². The summed E-state index contributed by atoms with van der Waals surface area (Å²) in [6.45, 7) is 5.54. The molecule has 1 fully saturated rings.